The van der Waals surface area contributed by atoms with Crippen molar-refractivity contribution < 1.29 is 18.7 Å². The number of hydrogen-bond acceptors (Lipinski definition) is 3. The molecule has 2 rings (SSSR count). The van der Waals surface area contributed by atoms with Gasteiger partial charge in [-0.25, -0.2) is 9.18 Å². The van der Waals surface area contributed by atoms with E-state index in [1.54, 1.807) is 0 Å². The third kappa shape index (κ3) is 2.35. The number of nitrogens with one attached hydrogen (secondary N) is 1. The molecule has 0 spiro atoms. The van der Waals surface area contributed by atoms with Crippen molar-refractivity contribution >= 4 is 11.9 Å². The van der Waals surface area contributed by atoms with E-state index >= 15 is 0 Å². The quantitative estimate of drug-likeness (QED) is 0.762. The maximum atomic E-state index is 13.1. The van der Waals surface area contributed by atoms with E-state index in [9.17, 15) is 14.0 Å². The molecular weight excluding hydrogens is 227 g/mol. The fourth-order valence-electron chi connectivity index (χ4n) is 1.85. The highest BCUT2D eigenvalue weighted by Crippen LogP contribution is 2.34. The van der Waals surface area contributed by atoms with Crippen molar-refractivity contribution in [2.24, 2.45) is 5.73 Å². The Morgan fingerprint density at radius 1 is 1.47 bits per heavy atom. The molecule has 1 heterocycles. The lowest BCUT2D eigenvalue weighted by atomic mass is 9.92. The lowest BCUT2D eigenvalue weighted by molar-refractivity contribution is -0.122. The lowest BCUT2D eigenvalue weighted by Gasteiger charge is -2.24. The molecule has 0 aromatic heterocycles. The van der Waals surface area contributed by atoms with Gasteiger partial charge < -0.3 is 10.5 Å². The molecule has 5 nitrogen and oxygen atoms in total. The van der Waals surface area contributed by atoms with Crippen molar-refractivity contribution in [2.75, 3.05) is 6.61 Å². The number of carbonyl (C=O) groups is 2. The zero-order chi connectivity index (χ0) is 12.4. The zero-order valence-corrected chi connectivity index (χ0v) is 8.90. The first-order valence-corrected chi connectivity index (χ1v) is 5.10. The van der Waals surface area contributed by atoms with Crippen molar-refractivity contribution in [3.8, 4) is 5.75 Å². The largest absolute Gasteiger partial charge is 0.493 e. The van der Waals surface area contributed by atoms with Crippen molar-refractivity contribution in [3.63, 3.8) is 0 Å². The van der Waals surface area contributed by atoms with Crippen LogP contribution in [0.25, 0.3) is 0 Å². The second-order valence-corrected chi connectivity index (χ2v) is 3.73. The molecule has 1 aliphatic rings. The van der Waals surface area contributed by atoms with Gasteiger partial charge in [0, 0.05) is 5.56 Å². The van der Waals surface area contributed by atoms with Gasteiger partial charge in [0.2, 0.25) is 5.91 Å². The predicted octanol–water partition coefficient (Wildman–Crippen LogP) is 0.887. The molecule has 0 unspecified atom stereocenters. The van der Waals surface area contributed by atoms with Crippen LogP contribution in [0, 0.1) is 5.82 Å². The second kappa shape index (κ2) is 4.40. The fourth-order valence-corrected chi connectivity index (χ4v) is 1.85. The van der Waals surface area contributed by atoms with Crippen LogP contribution in [0.2, 0.25) is 0 Å². The number of carbonyl (C=O) groups excluding carboxylic acids is 2. The third-order valence-corrected chi connectivity index (χ3v) is 2.57. The fraction of sp³-hybridized carbons (Fsp3) is 0.273. The smallest absolute Gasteiger partial charge is 0.318 e. The monoisotopic (exact) mass is 238 g/mol. The van der Waals surface area contributed by atoms with Crippen LogP contribution in [-0.2, 0) is 4.79 Å². The SMILES string of the molecule is NC(=O)NC(=O)[C@@H]1CCOc2ccc(F)cc21. The van der Waals surface area contributed by atoms with Gasteiger partial charge in [-0.3, -0.25) is 10.1 Å². The average Bonchev–Trinajstić information content (AvgIpc) is 2.27. The van der Waals surface area contributed by atoms with E-state index in [0.717, 1.165) is 0 Å². The first-order chi connectivity index (χ1) is 8.08. The van der Waals surface area contributed by atoms with E-state index in [1.807, 2.05) is 5.32 Å². The van der Waals surface area contributed by atoms with Gasteiger partial charge in [0.1, 0.15) is 11.6 Å². The number of ether oxygens (including phenoxy) is 1. The molecule has 17 heavy (non-hydrogen) atoms. The minimum atomic E-state index is -0.917. The Bertz CT molecular complexity index is 476. The summed E-state index contributed by atoms with van der Waals surface area (Å²) in [6, 6.07) is 3.04. The number of amides is 3. The molecule has 6 heteroatoms. The lowest BCUT2D eigenvalue weighted by Crippen LogP contribution is -2.39. The van der Waals surface area contributed by atoms with Gasteiger partial charge in [0.05, 0.1) is 12.5 Å². The average molecular weight is 238 g/mol. The normalized spacial score (nSPS) is 17.8. The molecule has 0 saturated heterocycles. The second-order valence-electron chi connectivity index (χ2n) is 3.73. The molecular formula is C11H11FN2O3. The molecule has 3 amide bonds. The maximum Gasteiger partial charge on any atom is 0.318 e. The number of hydrogen-bond donors (Lipinski definition) is 2. The number of halogens is 1. The van der Waals surface area contributed by atoms with E-state index < -0.39 is 23.7 Å². The molecule has 1 aliphatic heterocycles. The number of fused-ring (bicyclic) bond motifs is 1. The summed E-state index contributed by atoms with van der Waals surface area (Å²) >= 11 is 0. The molecule has 1 aromatic rings. The number of imide groups is 1. The van der Waals surface area contributed by atoms with Crippen molar-refractivity contribution in [1.82, 2.24) is 5.32 Å². The van der Waals surface area contributed by atoms with E-state index in [2.05, 4.69) is 0 Å². The van der Waals surface area contributed by atoms with Gasteiger partial charge >= 0.3 is 6.03 Å². The Labute approximate surface area is 96.7 Å². The highest BCUT2D eigenvalue weighted by atomic mass is 19.1. The highest BCUT2D eigenvalue weighted by molar-refractivity contribution is 5.97. The van der Waals surface area contributed by atoms with Crippen LogP contribution in [0.5, 0.6) is 5.75 Å². The van der Waals surface area contributed by atoms with Crippen molar-refractivity contribution in [1.29, 1.82) is 0 Å². The van der Waals surface area contributed by atoms with Crippen LogP contribution in [0.4, 0.5) is 9.18 Å². The Kier molecular flexibility index (Phi) is 2.95. The van der Waals surface area contributed by atoms with Crippen LogP contribution in [0.1, 0.15) is 17.9 Å². The number of nitrogens with two attached hydrogens (primary N) is 1. The highest BCUT2D eigenvalue weighted by Gasteiger charge is 2.28. The van der Waals surface area contributed by atoms with Gasteiger partial charge in [-0.2, -0.15) is 0 Å². The van der Waals surface area contributed by atoms with Crippen molar-refractivity contribution in [3.05, 3.63) is 29.6 Å². The predicted molar refractivity (Wildman–Crippen MR) is 57.0 cm³/mol. The summed E-state index contributed by atoms with van der Waals surface area (Å²) in [7, 11) is 0. The Morgan fingerprint density at radius 3 is 2.94 bits per heavy atom. The Morgan fingerprint density at radius 2 is 2.24 bits per heavy atom. The Hall–Kier alpha value is -2.11. The van der Waals surface area contributed by atoms with Crippen LogP contribution in [0.15, 0.2) is 18.2 Å². The summed E-state index contributed by atoms with van der Waals surface area (Å²) in [4.78, 5) is 22.3. The zero-order valence-electron chi connectivity index (χ0n) is 8.90. The molecule has 3 N–H and O–H groups in total. The van der Waals surface area contributed by atoms with Gasteiger partial charge in [-0.05, 0) is 24.6 Å². The van der Waals surface area contributed by atoms with E-state index in [1.165, 1.54) is 18.2 Å². The number of primary amides is 1. The summed E-state index contributed by atoms with van der Waals surface area (Å²) in [5, 5.41) is 1.99. The first-order valence-electron chi connectivity index (χ1n) is 5.10. The summed E-state index contributed by atoms with van der Waals surface area (Å²) < 4.78 is 18.4. The first kappa shape index (κ1) is 11.4. The number of benzene rings is 1. The third-order valence-electron chi connectivity index (χ3n) is 2.57. The van der Waals surface area contributed by atoms with E-state index in [4.69, 9.17) is 10.5 Å². The van der Waals surface area contributed by atoms with Crippen LogP contribution < -0.4 is 15.8 Å². The topological polar surface area (TPSA) is 81.4 Å². The summed E-state index contributed by atoms with van der Waals surface area (Å²) in [5.41, 5.74) is 5.31. The minimum absolute atomic E-state index is 0.343. The van der Waals surface area contributed by atoms with Crippen LogP contribution in [0.3, 0.4) is 0 Å². The molecule has 0 fully saturated rings. The molecule has 0 bridgehead atoms. The number of rotatable bonds is 1. The van der Waals surface area contributed by atoms with Crippen LogP contribution >= 0.6 is 0 Å². The molecule has 0 aliphatic carbocycles. The summed E-state index contributed by atoms with van der Waals surface area (Å²) in [6.45, 7) is 0.343. The van der Waals surface area contributed by atoms with Gasteiger partial charge in [0.15, 0.2) is 0 Å². The molecule has 1 aromatic carbocycles. The van der Waals surface area contributed by atoms with Gasteiger partial charge in [0.25, 0.3) is 0 Å². The summed E-state index contributed by atoms with van der Waals surface area (Å²) in [5.74, 6) is -1.14. The van der Waals surface area contributed by atoms with Crippen molar-refractivity contribution in [2.45, 2.75) is 12.3 Å². The van der Waals surface area contributed by atoms with Crippen LogP contribution in [-0.4, -0.2) is 18.5 Å². The molecule has 0 saturated carbocycles. The van der Waals surface area contributed by atoms with E-state index in [-0.39, 0.29) is 0 Å². The number of urea groups is 1. The molecule has 0 radical (unpaired) electrons. The van der Waals surface area contributed by atoms with E-state index in [0.29, 0.717) is 24.3 Å². The Balaban J connectivity index is 2.30. The molecule has 90 valence electrons. The molecule has 1 atom stereocenters. The maximum absolute atomic E-state index is 13.1. The standard InChI is InChI=1S/C11H11FN2O3/c12-6-1-2-9-8(5-6)7(3-4-17-9)10(15)14-11(13)16/h1-2,5,7H,3-4H2,(H3,13,14,15,16)/t7-/m1/s1. The minimum Gasteiger partial charge on any atom is -0.493 e. The summed E-state index contributed by atoms with van der Waals surface area (Å²) in [6.07, 6.45) is 0.384. The van der Waals surface area contributed by atoms with Gasteiger partial charge in [-0.15, -0.1) is 0 Å². The van der Waals surface area contributed by atoms with Gasteiger partial charge in [-0.1, -0.05) is 0 Å².